The van der Waals surface area contributed by atoms with E-state index >= 15 is 0 Å². The number of rotatable bonds is 5. The second-order valence-corrected chi connectivity index (χ2v) is 5.02. The van der Waals surface area contributed by atoms with Gasteiger partial charge in [-0.2, -0.15) is 0 Å². The van der Waals surface area contributed by atoms with Gasteiger partial charge in [0, 0.05) is 17.8 Å². The van der Waals surface area contributed by atoms with E-state index in [1.807, 2.05) is 6.92 Å². The third-order valence-electron chi connectivity index (χ3n) is 2.53. The van der Waals surface area contributed by atoms with Crippen molar-refractivity contribution < 1.29 is 9.13 Å². The number of halogens is 1. The zero-order chi connectivity index (χ0) is 13.0. The van der Waals surface area contributed by atoms with Crippen molar-refractivity contribution in [2.75, 3.05) is 6.61 Å². The van der Waals surface area contributed by atoms with Crippen LogP contribution in [0.1, 0.15) is 15.6 Å². The number of para-hydroxylation sites is 1. The summed E-state index contributed by atoms with van der Waals surface area (Å²) >= 11 is 1.59. The molecule has 1 aromatic carbocycles. The summed E-state index contributed by atoms with van der Waals surface area (Å²) in [6, 6.07) is 6.39. The summed E-state index contributed by atoms with van der Waals surface area (Å²) in [6.07, 6.45) is 0.667. The molecule has 2 N–H and O–H groups in total. The van der Waals surface area contributed by atoms with Gasteiger partial charge in [-0.1, -0.05) is 12.1 Å². The Balaban J connectivity index is 1.90. The van der Waals surface area contributed by atoms with E-state index in [0.717, 1.165) is 15.6 Å². The van der Waals surface area contributed by atoms with Crippen molar-refractivity contribution in [1.29, 1.82) is 0 Å². The standard InChI is InChI=1S/C13H15FN2OS/c1-9-12(8-15)18-13(16-9)6-7-17-11-5-3-2-4-10(11)14/h2-5H,6-8,15H2,1H3. The van der Waals surface area contributed by atoms with E-state index in [4.69, 9.17) is 10.5 Å². The Morgan fingerprint density at radius 3 is 2.83 bits per heavy atom. The van der Waals surface area contributed by atoms with E-state index < -0.39 is 0 Å². The summed E-state index contributed by atoms with van der Waals surface area (Å²) in [5.41, 5.74) is 6.57. The Labute approximate surface area is 109 Å². The molecule has 0 aliphatic carbocycles. The molecule has 2 aromatic rings. The Morgan fingerprint density at radius 1 is 1.39 bits per heavy atom. The van der Waals surface area contributed by atoms with Crippen molar-refractivity contribution in [3.05, 3.63) is 45.7 Å². The summed E-state index contributed by atoms with van der Waals surface area (Å²) in [5, 5.41) is 0.976. The highest BCUT2D eigenvalue weighted by Gasteiger charge is 2.07. The van der Waals surface area contributed by atoms with Gasteiger partial charge in [-0.25, -0.2) is 9.37 Å². The van der Waals surface area contributed by atoms with Crippen LogP contribution in [0.15, 0.2) is 24.3 Å². The Bertz CT molecular complexity index is 527. The quantitative estimate of drug-likeness (QED) is 0.905. The molecule has 1 aromatic heterocycles. The monoisotopic (exact) mass is 266 g/mol. The van der Waals surface area contributed by atoms with Crippen molar-refractivity contribution in [3.63, 3.8) is 0 Å². The Morgan fingerprint density at radius 2 is 2.17 bits per heavy atom. The minimum atomic E-state index is -0.338. The number of ether oxygens (including phenoxy) is 1. The van der Waals surface area contributed by atoms with Gasteiger partial charge >= 0.3 is 0 Å². The van der Waals surface area contributed by atoms with Gasteiger partial charge in [-0.05, 0) is 19.1 Å². The molecule has 5 heteroatoms. The number of nitrogens with zero attached hydrogens (tertiary/aromatic N) is 1. The molecular weight excluding hydrogens is 251 g/mol. The van der Waals surface area contributed by atoms with Gasteiger partial charge in [-0.3, -0.25) is 0 Å². The summed E-state index contributed by atoms with van der Waals surface area (Å²) in [4.78, 5) is 5.49. The van der Waals surface area contributed by atoms with Gasteiger partial charge in [0.15, 0.2) is 11.6 Å². The number of thiazole rings is 1. The molecule has 0 aliphatic rings. The van der Waals surface area contributed by atoms with Gasteiger partial charge in [0.05, 0.1) is 17.3 Å². The molecule has 0 saturated carbocycles. The number of hydrogen-bond acceptors (Lipinski definition) is 4. The first-order chi connectivity index (χ1) is 8.70. The van der Waals surface area contributed by atoms with E-state index in [0.29, 0.717) is 19.6 Å². The fourth-order valence-corrected chi connectivity index (χ4v) is 2.52. The maximum atomic E-state index is 13.3. The van der Waals surface area contributed by atoms with Crippen LogP contribution in [-0.2, 0) is 13.0 Å². The molecule has 3 nitrogen and oxygen atoms in total. The molecule has 0 amide bonds. The highest BCUT2D eigenvalue weighted by Crippen LogP contribution is 2.19. The highest BCUT2D eigenvalue weighted by atomic mass is 32.1. The zero-order valence-corrected chi connectivity index (χ0v) is 11.0. The van der Waals surface area contributed by atoms with Crippen LogP contribution in [0.2, 0.25) is 0 Å². The third kappa shape index (κ3) is 3.05. The minimum Gasteiger partial charge on any atom is -0.490 e. The molecule has 0 aliphatic heterocycles. The molecule has 0 bridgehead atoms. The normalized spacial score (nSPS) is 10.6. The molecule has 0 radical (unpaired) electrons. The zero-order valence-electron chi connectivity index (χ0n) is 10.1. The van der Waals surface area contributed by atoms with Crippen molar-refractivity contribution in [2.45, 2.75) is 19.9 Å². The van der Waals surface area contributed by atoms with Crippen LogP contribution in [0.3, 0.4) is 0 Å². The second-order valence-electron chi connectivity index (χ2n) is 3.85. The van der Waals surface area contributed by atoms with E-state index in [2.05, 4.69) is 4.98 Å². The number of aromatic nitrogens is 1. The van der Waals surface area contributed by atoms with Gasteiger partial charge in [0.2, 0.25) is 0 Å². The third-order valence-corrected chi connectivity index (χ3v) is 3.77. The Hall–Kier alpha value is -1.46. The minimum absolute atomic E-state index is 0.282. The maximum Gasteiger partial charge on any atom is 0.165 e. The lowest BCUT2D eigenvalue weighted by Gasteiger charge is -2.05. The van der Waals surface area contributed by atoms with Crippen molar-refractivity contribution >= 4 is 11.3 Å². The van der Waals surface area contributed by atoms with Crippen LogP contribution in [0.5, 0.6) is 5.75 Å². The van der Waals surface area contributed by atoms with Crippen LogP contribution in [0.25, 0.3) is 0 Å². The van der Waals surface area contributed by atoms with Crippen LogP contribution in [0, 0.1) is 12.7 Å². The predicted octanol–water partition coefficient (Wildman–Crippen LogP) is 2.67. The maximum absolute atomic E-state index is 13.3. The molecule has 1 heterocycles. The first-order valence-electron chi connectivity index (χ1n) is 5.73. The van der Waals surface area contributed by atoms with Crippen LogP contribution >= 0.6 is 11.3 Å². The van der Waals surface area contributed by atoms with Gasteiger partial charge < -0.3 is 10.5 Å². The van der Waals surface area contributed by atoms with Crippen molar-refractivity contribution in [3.8, 4) is 5.75 Å². The SMILES string of the molecule is Cc1nc(CCOc2ccccc2F)sc1CN. The number of nitrogens with two attached hydrogens (primary N) is 1. The van der Waals surface area contributed by atoms with Crippen molar-refractivity contribution in [1.82, 2.24) is 4.98 Å². The summed E-state index contributed by atoms with van der Waals surface area (Å²) in [7, 11) is 0. The summed E-state index contributed by atoms with van der Waals surface area (Å²) < 4.78 is 18.7. The molecule has 0 atom stereocenters. The first kappa shape index (κ1) is 13.0. The topological polar surface area (TPSA) is 48.1 Å². The average molecular weight is 266 g/mol. The van der Waals surface area contributed by atoms with Crippen LogP contribution in [0.4, 0.5) is 4.39 Å². The molecule has 0 unspecified atom stereocenters. The fraction of sp³-hybridized carbons (Fsp3) is 0.308. The summed E-state index contributed by atoms with van der Waals surface area (Å²) in [6.45, 7) is 2.87. The average Bonchev–Trinajstić information content (AvgIpc) is 2.72. The lowest BCUT2D eigenvalue weighted by Crippen LogP contribution is -2.02. The van der Waals surface area contributed by atoms with Crippen LogP contribution in [-0.4, -0.2) is 11.6 Å². The lowest BCUT2D eigenvalue weighted by molar-refractivity contribution is 0.305. The molecule has 0 saturated heterocycles. The molecule has 18 heavy (non-hydrogen) atoms. The van der Waals surface area contributed by atoms with Gasteiger partial charge in [0.25, 0.3) is 0 Å². The molecule has 0 spiro atoms. The molecule has 2 rings (SSSR count). The lowest BCUT2D eigenvalue weighted by atomic mass is 10.3. The van der Waals surface area contributed by atoms with Gasteiger partial charge in [0.1, 0.15) is 0 Å². The largest absolute Gasteiger partial charge is 0.490 e. The number of aryl methyl sites for hydroxylation is 1. The summed E-state index contributed by atoms with van der Waals surface area (Å²) in [5.74, 6) is -0.0553. The molecular formula is C13H15FN2OS. The smallest absolute Gasteiger partial charge is 0.165 e. The molecule has 96 valence electrons. The first-order valence-corrected chi connectivity index (χ1v) is 6.55. The molecule has 0 fully saturated rings. The van der Waals surface area contributed by atoms with E-state index in [9.17, 15) is 4.39 Å². The van der Waals surface area contributed by atoms with E-state index in [1.54, 1.807) is 29.5 Å². The van der Waals surface area contributed by atoms with Crippen LogP contribution < -0.4 is 10.5 Å². The predicted molar refractivity (Wildman–Crippen MR) is 70.3 cm³/mol. The second kappa shape index (κ2) is 5.93. The van der Waals surface area contributed by atoms with Crippen molar-refractivity contribution in [2.24, 2.45) is 5.73 Å². The number of hydrogen-bond donors (Lipinski definition) is 1. The Kier molecular flexibility index (Phi) is 4.28. The fourth-order valence-electron chi connectivity index (χ4n) is 1.59. The van der Waals surface area contributed by atoms with E-state index in [-0.39, 0.29) is 11.6 Å². The van der Waals surface area contributed by atoms with E-state index in [1.165, 1.54) is 6.07 Å². The van der Waals surface area contributed by atoms with Gasteiger partial charge in [-0.15, -0.1) is 11.3 Å². The highest BCUT2D eigenvalue weighted by molar-refractivity contribution is 7.11. The number of benzene rings is 1.